The summed E-state index contributed by atoms with van der Waals surface area (Å²) in [7, 11) is 0. The van der Waals surface area contributed by atoms with Crippen LogP contribution in [0.4, 0.5) is 5.69 Å². The van der Waals surface area contributed by atoms with Gasteiger partial charge in [-0.2, -0.15) is 24.6 Å². The van der Waals surface area contributed by atoms with Gasteiger partial charge in [0.2, 0.25) is 0 Å². The van der Waals surface area contributed by atoms with E-state index >= 15 is 0 Å². The predicted molar refractivity (Wildman–Crippen MR) is 300 cm³/mol. The molecule has 3 radical (unpaired) electrons. The summed E-state index contributed by atoms with van der Waals surface area (Å²) in [5.74, 6) is 0.427. The Morgan fingerprint density at radius 3 is 0.795 bits per heavy atom. The molecule has 78 heavy (non-hydrogen) atoms. The molecule has 0 unspecified atom stereocenters. The average Bonchev–Trinajstić information content (AvgIpc) is 4.15. The molecular formula is C64H67NO10Y3-4. The molecule has 8 aromatic rings. The zero-order chi connectivity index (χ0) is 52.4. The van der Waals surface area contributed by atoms with Crippen LogP contribution >= 0.6 is 0 Å². The Morgan fingerprint density at radius 2 is 0.590 bits per heavy atom. The van der Waals surface area contributed by atoms with Crippen LogP contribution in [0.1, 0.15) is 95.5 Å². The van der Waals surface area contributed by atoms with Gasteiger partial charge < -0.3 is 55.5 Å². The molecule has 3 aliphatic carbocycles. The number of hydrogen-bond acceptors (Lipinski definition) is 9. The molecule has 11 rings (SSSR count). The summed E-state index contributed by atoms with van der Waals surface area (Å²) >= 11 is 0. The fraction of sp³-hybridized carbons (Fsp3) is 0.188. The normalized spacial score (nSPS) is 10.8. The third kappa shape index (κ3) is 19.7. The number of aliphatic hydroxyl groups is 2. The molecule has 14 heteroatoms. The minimum absolute atomic E-state index is 0. The minimum Gasteiger partial charge on any atom is -0.652 e. The molecule has 0 bridgehead atoms. The second kappa shape index (κ2) is 40.2. The molecule has 0 spiro atoms. The van der Waals surface area contributed by atoms with Gasteiger partial charge in [0.05, 0.1) is 33.0 Å². The first-order valence-corrected chi connectivity index (χ1v) is 24.4. The minimum atomic E-state index is 0. The fourth-order valence-corrected chi connectivity index (χ4v) is 8.94. The van der Waals surface area contributed by atoms with Crippen LogP contribution < -0.4 is 5.73 Å². The van der Waals surface area contributed by atoms with Crippen LogP contribution in [0.15, 0.2) is 194 Å². The number of carbonyl (C=O) groups excluding carboxylic acids is 3. The van der Waals surface area contributed by atoms with Crippen molar-refractivity contribution in [2.24, 2.45) is 0 Å². The van der Waals surface area contributed by atoms with Gasteiger partial charge >= 0.3 is 0 Å². The molecule has 8 aromatic carbocycles. The largest absolute Gasteiger partial charge is 0.652 e. The molecule has 0 saturated heterocycles. The Balaban J connectivity index is 0.000000941. The molecular weight excluding hydrogens is 1210 g/mol. The Hall–Kier alpha value is -5.01. The summed E-state index contributed by atoms with van der Waals surface area (Å²) in [5.41, 5.74) is 23.7. The molecule has 0 fully saturated rings. The van der Waals surface area contributed by atoms with Crippen molar-refractivity contribution in [1.29, 1.82) is 0 Å². The van der Waals surface area contributed by atoms with E-state index in [1.165, 1.54) is 86.2 Å². The van der Waals surface area contributed by atoms with Crippen LogP contribution in [0.25, 0.3) is 33.4 Å². The van der Waals surface area contributed by atoms with E-state index in [2.05, 4.69) is 79.7 Å². The summed E-state index contributed by atoms with van der Waals surface area (Å²) in [4.78, 5) is 30.7. The van der Waals surface area contributed by atoms with Crippen molar-refractivity contribution in [2.45, 2.75) is 58.7 Å². The molecule has 3 aliphatic rings. The zero-order valence-corrected chi connectivity index (χ0v) is 53.1. The van der Waals surface area contributed by atoms with E-state index in [1.54, 1.807) is 24.3 Å². The molecule has 0 aromatic heterocycles. The smallest absolute Gasteiger partial charge is 0.0681 e. The number of nitrogens with two attached hydrogens (primary N) is 1. The van der Waals surface area contributed by atoms with E-state index in [1.807, 2.05) is 125 Å². The van der Waals surface area contributed by atoms with Crippen molar-refractivity contribution in [3.8, 4) is 33.4 Å². The van der Waals surface area contributed by atoms with E-state index in [-0.39, 0.29) is 140 Å². The summed E-state index contributed by atoms with van der Waals surface area (Å²) in [6.45, 7) is 17.5. The maximum Gasteiger partial charge on any atom is 0.0681 e. The number of benzene rings is 8. The molecule has 0 amide bonds. The molecule has 0 saturated carbocycles. The van der Waals surface area contributed by atoms with Gasteiger partial charge in [-0.1, -0.05) is 205 Å². The third-order valence-electron chi connectivity index (χ3n) is 12.2. The van der Waals surface area contributed by atoms with Crippen LogP contribution in [0.3, 0.4) is 0 Å². The quantitative estimate of drug-likeness (QED) is 0.0638. The van der Waals surface area contributed by atoms with Crippen molar-refractivity contribution in [3.05, 3.63) is 251 Å². The first-order chi connectivity index (χ1) is 35.9. The van der Waals surface area contributed by atoms with Gasteiger partial charge in [-0.05, 0) is 90.0 Å². The Bertz CT molecular complexity index is 2530. The van der Waals surface area contributed by atoms with E-state index in [9.17, 15) is 14.4 Å². The van der Waals surface area contributed by atoms with Crippen molar-refractivity contribution < 1.29 is 148 Å². The zero-order valence-electron chi connectivity index (χ0n) is 44.6. The Labute approximate surface area is 536 Å². The van der Waals surface area contributed by atoms with E-state index < -0.39 is 0 Å². The molecule has 401 valence electrons. The van der Waals surface area contributed by atoms with Gasteiger partial charge in [-0.15, -0.1) is 12.1 Å². The van der Waals surface area contributed by atoms with Crippen LogP contribution in [0, 0.1) is 6.92 Å². The third-order valence-corrected chi connectivity index (χ3v) is 12.2. The maximum absolute atomic E-state index is 10.2. The maximum atomic E-state index is 10.2. The second-order valence-corrected chi connectivity index (χ2v) is 16.2. The van der Waals surface area contributed by atoms with Crippen LogP contribution in [-0.4, -0.2) is 60.4 Å². The fourth-order valence-electron chi connectivity index (χ4n) is 8.94. The molecule has 0 heterocycles. The van der Waals surface area contributed by atoms with Gasteiger partial charge in [0, 0.05) is 122 Å². The van der Waals surface area contributed by atoms with Crippen molar-refractivity contribution in [1.82, 2.24) is 0 Å². The number of rotatable bonds is 11. The number of fused-ring (bicyclic) bond motifs is 9. The second-order valence-electron chi connectivity index (χ2n) is 16.2. The van der Waals surface area contributed by atoms with Crippen LogP contribution in [0.2, 0.25) is 0 Å². The monoisotopic (exact) mass is 1280 g/mol. The van der Waals surface area contributed by atoms with Crippen molar-refractivity contribution in [3.63, 3.8) is 0 Å². The standard InChI is InChI=1S/3C15H11O2.C8H9O.C7H9NO.2C2H6.2H2O.3Y/c3*16-10-17-9-15-13-7-3-1-5-11(13)12-6-2-4-8-14(12)15;1-7-2-4-8(6-9)5-3-7;8-7-3-1-6(5-9)2-4-7;2*1-2;;;;;/h3*1-8,15H,9H2;2-5,9H,1,6H2;1-4,9H,5,8H2;2*1-2H3;2*1H2;;;/q4*-1;;;;;;;;. The summed E-state index contributed by atoms with van der Waals surface area (Å²) in [5, 5.41) is 17.2. The molecule has 11 nitrogen and oxygen atoms in total. The van der Waals surface area contributed by atoms with Crippen molar-refractivity contribution in [2.75, 3.05) is 25.6 Å². The number of aliphatic hydroxyl groups excluding tert-OH is 2. The van der Waals surface area contributed by atoms with Gasteiger partial charge in [-0.3, -0.25) is 0 Å². The van der Waals surface area contributed by atoms with Crippen LogP contribution in [-0.2, 0) is 140 Å². The van der Waals surface area contributed by atoms with E-state index in [4.69, 9.17) is 30.2 Å². The first kappa shape index (κ1) is 73.0. The topological polar surface area (TPSA) is 208 Å². The van der Waals surface area contributed by atoms with Gasteiger partial charge in [0.1, 0.15) is 0 Å². The average molecular weight is 1280 g/mol. The number of hydrogen-bond donors (Lipinski definition) is 3. The Morgan fingerprint density at radius 1 is 0.385 bits per heavy atom. The molecule has 0 aliphatic heterocycles. The van der Waals surface area contributed by atoms with Gasteiger partial charge in [0.25, 0.3) is 0 Å². The van der Waals surface area contributed by atoms with E-state index in [0.29, 0.717) is 19.8 Å². The van der Waals surface area contributed by atoms with E-state index in [0.717, 1.165) is 22.4 Å². The summed E-state index contributed by atoms with van der Waals surface area (Å²) in [6, 6.07) is 64.1. The number of anilines is 1. The van der Waals surface area contributed by atoms with Gasteiger partial charge in [0.15, 0.2) is 0 Å². The number of nitrogen functional groups attached to an aromatic ring is 1. The summed E-state index contributed by atoms with van der Waals surface area (Å²) in [6.07, 6.45) is 0. The molecule has 8 N–H and O–H groups in total. The predicted octanol–water partition coefficient (Wildman–Crippen LogP) is 11.2. The molecule has 0 atom stereocenters. The van der Waals surface area contributed by atoms with Crippen molar-refractivity contribution >= 4 is 25.1 Å². The Kier molecular flexibility index (Phi) is 37.6. The SMILES string of the molecule is CC.CC.Nc1ccc(CO)cc1.O.O.O=[C-]OCC1c2ccccc2-c2ccccc21.O=[C-]OCC1c2ccccc2-c2ccccc21.O=[C-]OCC1c2ccccc2-c2ccccc21.[CH2-]c1ccc(CO)cc1.[Y].[Y].[Y]. The number of ether oxygens (including phenoxy) is 3. The first-order valence-electron chi connectivity index (χ1n) is 24.4. The van der Waals surface area contributed by atoms with Gasteiger partial charge in [-0.25, -0.2) is 0 Å². The van der Waals surface area contributed by atoms with Crippen LogP contribution in [0.5, 0.6) is 0 Å². The summed E-state index contributed by atoms with van der Waals surface area (Å²) < 4.78 is 14.5.